The van der Waals surface area contributed by atoms with Crippen LogP contribution in [0.4, 0.5) is 5.82 Å². The third-order valence-electron chi connectivity index (χ3n) is 6.11. The van der Waals surface area contributed by atoms with Crippen LogP contribution in [0.2, 0.25) is 0 Å². The lowest BCUT2D eigenvalue weighted by Gasteiger charge is -2.35. The molecule has 5 heterocycles. The second-order valence-electron chi connectivity index (χ2n) is 8.62. The number of rotatable bonds is 7. The largest absolute Gasteiger partial charge is 0.488 e. The average molecular weight is 423 g/mol. The van der Waals surface area contributed by atoms with Crippen LogP contribution in [-0.4, -0.2) is 54.3 Å². The molecule has 0 radical (unpaired) electrons. The molecule has 3 aromatic heterocycles. The number of nitrogens with zero attached hydrogens (tertiary/aromatic N) is 6. The summed E-state index contributed by atoms with van der Waals surface area (Å²) in [5.74, 6) is 1.36. The van der Waals surface area contributed by atoms with Crippen LogP contribution in [0.5, 0.6) is 5.75 Å². The van der Waals surface area contributed by atoms with Crippen molar-refractivity contribution in [2.75, 3.05) is 18.5 Å². The summed E-state index contributed by atoms with van der Waals surface area (Å²) in [7, 11) is 0. The average Bonchev–Trinajstić information content (AvgIpc) is 3.14. The summed E-state index contributed by atoms with van der Waals surface area (Å²) in [6.45, 7) is 1.02. The number of anilines is 1. The molecule has 2 bridgehead atoms. The summed E-state index contributed by atoms with van der Waals surface area (Å²) in [6.07, 6.45) is 5.48. The second kappa shape index (κ2) is 6.84. The van der Waals surface area contributed by atoms with Crippen molar-refractivity contribution in [2.24, 2.45) is 5.92 Å². The van der Waals surface area contributed by atoms with Gasteiger partial charge in [-0.1, -0.05) is 0 Å². The van der Waals surface area contributed by atoms with Gasteiger partial charge in [0.2, 0.25) is 5.91 Å². The van der Waals surface area contributed by atoms with E-state index in [9.17, 15) is 9.59 Å². The SMILES string of the molecule is O=C(Cn1nc(C2CC2)c(OCC23CC(CO2)C3)cc1=O)Nc1ccc2nncn2n1. The molecule has 4 aliphatic rings. The van der Waals surface area contributed by atoms with Crippen LogP contribution in [0.15, 0.2) is 29.3 Å². The van der Waals surface area contributed by atoms with E-state index in [1.54, 1.807) is 12.1 Å². The van der Waals surface area contributed by atoms with Gasteiger partial charge < -0.3 is 14.8 Å². The van der Waals surface area contributed by atoms with E-state index in [2.05, 4.69) is 25.7 Å². The van der Waals surface area contributed by atoms with E-state index in [-0.39, 0.29) is 23.6 Å². The molecule has 160 valence electrons. The Bertz CT molecular complexity index is 1220. The van der Waals surface area contributed by atoms with E-state index >= 15 is 0 Å². The standard InChI is InChI=1S/C20H21N7O4/c28-17(22-15-3-4-16-23-21-11-27(16)24-15)8-26-18(29)5-14(19(25-26)13-1-2-13)30-10-20-6-12(7-20)9-31-20/h3-5,11-13H,1-2,6-10H2,(H,22,24,28). The van der Waals surface area contributed by atoms with Crippen molar-refractivity contribution in [1.29, 1.82) is 0 Å². The molecule has 7 rings (SSSR count). The summed E-state index contributed by atoms with van der Waals surface area (Å²) in [4.78, 5) is 25.1. The Morgan fingerprint density at radius 3 is 2.94 bits per heavy atom. The van der Waals surface area contributed by atoms with Crippen LogP contribution >= 0.6 is 0 Å². The second-order valence-corrected chi connectivity index (χ2v) is 8.62. The van der Waals surface area contributed by atoms with Crippen LogP contribution in [0.25, 0.3) is 5.65 Å². The molecule has 11 nitrogen and oxygen atoms in total. The zero-order valence-electron chi connectivity index (χ0n) is 16.7. The fourth-order valence-corrected chi connectivity index (χ4v) is 4.36. The Morgan fingerprint density at radius 1 is 1.29 bits per heavy atom. The molecule has 3 aromatic rings. The van der Waals surface area contributed by atoms with E-state index in [4.69, 9.17) is 9.47 Å². The summed E-state index contributed by atoms with van der Waals surface area (Å²) in [5.41, 5.74) is 0.731. The normalized spacial score (nSPS) is 24.2. The van der Waals surface area contributed by atoms with E-state index < -0.39 is 5.91 Å². The molecule has 1 N–H and O–H groups in total. The molecule has 2 aliphatic carbocycles. The first kappa shape index (κ1) is 18.4. The van der Waals surface area contributed by atoms with E-state index in [0.29, 0.717) is 29.7 Å². The molecule has 0 spiro atoms. The van der Waals surface area contributed by atoms with E-state index in [1.165, 1.54) is 21.6 Å². The smallest absolute Gasteiger partial charge is 0.270 e. The topological polar surface area (TPSA) is 126 Å². The number of carbonyl (C=O) groups is 1. The van der Waals surface area contributed by atoms with Crippen LogP contribution in [0.1, 0.15) is 37.3 Å². The number of carbonyl (C=O) groups excluding carboxylic acids is 1. The van der Waals surface area contributed by atoms with Gasteiger partial charge in [-0.15, -0.1) is 15.3 Å². The first-order valence-corrected chi connectivity index (χ1v) is 10.4. The molecule has 31 heavy (non-hydrogen) atoms. The predicted octanol–water partition coefficient (Wildman–Crippen LogP) is 0.755. The van der Waals surface area contributed by atoms with Crippen molar-refractivity contribution < 1.29 is 14.3 Å². The fraction of sp³-hybridized carbons (Fsp3) is 0.500. The highest BCUT2D eigenvalue weighted by atomic mass is 16.6. The number of amides is 1. The lowest BCUT2D eigenvalue weighted by atomic mass is 9.75. The molecule has 0 aromatic carbocycles. The van der Waals surface area contributed by atoms with Gasteiger partial charge in [-0.3, -0.25) is 9.59 Å². The highest BCUT2D eigenvalue weighted by Gasteiger charge is 2.52. The lowest BCUT2D eigenvalue weighted by Crippen LogP contribution is -2.42. The van der Waals surface area contributed by atoms with Gasteiger partial charge in [0.05, 0.1) is 6.61 Å². The van der Waals surface area contributed by atoms with Crippen molar-refractivity contribution in [1.82, 2.24) is 29.6 Å². The quantitative estimate of drug-likeness (QED) is 0.590. The molecular formula is C20H21N7O4. The Hall–Kier alpha value is -3.34. The summed E-state index contributed by atoms with van der Waals surface area (Å²) >= 11 is 0. The summed E-state index contributed by atoms with van der Waals surface area (Å²) in [6, 6.07) is 4.76. The van der Waals surface area contributed by atoms with E-state index in [1.807, 2.05) is 0 Å². The molecule has 2 saturated heterocycles. The number of ether oxygens (including phenoxy) is 2. The van der Waals surface area contributed by atoms with Crippen molar-refractivity contribution in [3.05, 3.63) is 40.6 Å². The highest BCUT2D eigenvalue weighted by molar-refractivity contribution is 5.89. The molecule has 4 fully saturated rings. The Balaban J connectivity index is 1.18. The number of nitrogens with one attached hydrogen (secondary N) is 1. The third kappa shape index (κ3) is 3.44. The van der Waals surface area contributed by atoms with Gasteiger partial charge in [-0.05, 0) is 43.7 Å². The maximum absolute atomic E-state index is 12.6. The Morgan fingerprint density at radius 2 is 2.16 bits per heavy atom. The highest BCUT2D eigenvalue weighted by Crippen LogP contribution is 2.49. The first-order chi connectivity index (χ1) is 15.1. The monoisotopic (exact) mass is 423 g/mol. The Kier molecular flexibility index (Phi) is 4.07. The van der Waals surface area contributed by atoms with Gasteiger partial charge in [0.25, 0.3) is 5.56 Å². The molecule has 2 aliphatic heterocycles. The lowest BCUT2D eigenvalue weighted by molar-refractivity contribution is -0.117. The van der Waals surface area contributed by atoms with Gasteiger partial charge in [0.15, 0.2) is 11.5 Å². The van der Waals surface area contributed by atoms with Gasteiger partial charge in [-0.25, -0.2) is 4.68 Å². The maximum atomic E-state index is 12.6. The van der Waals surface area contributed by atoms with E-state index in [0.717, 1.165) is 38.0 Å². The summed E-state index contributed by atoms with van der Waals surface area (Å²) < 4.78 is 14.5. The first-order valence-electron chi connectivity index (χ1n) is 10.4. The van der Waals surface area contributed by atoms with Crippen LogP contribution in [-0.2, 0) is 16.1 Å². The summed E-state index contributed by atoms with van der Waals surface area (Å²) in [5, 5.41) is 19.0. The third-order valence-corrected chi connectivity index (χ3v) is 6.11. The van der Waals surface area contributed by atoms with Crippen LogP contribution in [0.3, 0.4) is 0 Å². The molecule has 1 amide bonds. The van der Waals surface area contributed by atoms with Crippen molar-refractivity contribution in [2.45, 2.75) is 43.7 Å². The van der Waals surface area contributed by atoms with Crippen LogP contribution in [0, 0.1) is 5.92 Å². The minimum absolute atomic E-state index is 0.195. The maximum Gasteiger partial charge on any atom is 0.270 e. The number of aromatic nitrogens is 6. The zero-order valence-corrected chi connectivity index (χ0v) is 16.7. The van der Waals surface area contributed by atoms with Crippen molar-refractivity contribution in [3.8, 4) is 5.75 Å². The molecular weight excluding hydrogens is 402 g/mol. The predicted molar refractivity (Wildman–Crippen MR) is 107 cm³/mol. The van der Waals surface area contributed by atoms with Crippen molar-refractivity contribution in [3.63, 3.8) is 0 Å². The fourth-order valence-electron chi connectivity index (χ4n) is 4.36. The zero-order chi connectivity index (χ0) is 21.0. The van der Waals surface area contributed by atoms with Gasteiger partial charge in [0, 0.05) is 12.0 Å². The molecule has 0 unspecified atom stereocenters. The minimum Gasteiger partial charge on any atom is -0.488 e. The molecule has 0 atom stereocenters. The van der Waals surface area contributed by atoms with Crippen LogP contribution < -0.4 is 15.6 Å². The number of hydrogen-bond donors (Lipinski definition) is 1. The molecule has 11 heteroatoms. The number of hydrogen-bond acceptors (Lipinski definition) is 8. The Labute approximate surface area is 176 Å². The van der Waals surface area contributed by atoms with Gasteiger partial charge in [0.1, 0.15) is 36.5 Å². The van der Waals surface area contributed by atoms with Crippen molar-refractivity contribution >= 4 is 17.4 Å². The minimum atomic E-state index is -0.399. The molecule has 2 saturated carbocycles. The van der Waals surface area contributed by atoms with Gasteiger partial charge in [-0.2, -0.15) is 9.61 Å². The van der Waals surface area contributed by atoms with Gasteiger partial charge >= 0.3 is 0 Å². The number of fused-ring (bicyclic) bond motifs is 2.